The summed E-state index contributed by atoms with van der Waals surface area (Å²) in [6.45, 7) is 2.82. The Balaban J connectivity index is 2.38. The number of carbonyl (C=O) groups is 1. The van der Waals surface area contributed by atoms with Gasteiger partial charge in [0, 0.05) is 26.3 Å². The van der Waals surface area contributed by atoms with Crippen LogP contribution in [0.1, 0.15) is 13.3 Å². The Hall–Kier alpha value is -2.98. The zero-order valence-electron chi connectivity index (χ0n) is 18.8. The van der Waals surface area contributed by atoms with Crippen molar-refractivity contribution >= 4 is 21.6 Å². The van der Waals surface area contributed by atoms with Crippen LogP contribution in [0, 0.1) is 0 Å². The molecule has 0 aliphatic carbocycles. The summed E-state index contributed by atoms with van der Waals surface area (Å²) in [5.41, 5.74) is 0.329. The number of anilines is 1. The van der Waals surface area contributed by atoms with E-state index in [2.05, 4.69) is 5.32 Å². The van der Waals surface area contributed by atoms with Gasteiger partial charge in [-0.2, -0.15) is 0 Å². The molecule has 0 unspecified atom stereocenters. The second-order valence-electron chi connectivity index (χ2n) is 6.65. The Labute approximate surface area is 189 Å². The van der Waals surface area contributed by atoms with Crippen LogP contribution in [-0.4, -0.2) is 62.0 Å². The lowest BCUT2D eigenvalue weighted by Gasteiger charge is -2.24. The van der Waals surface area contributed by atoms with Gasteiger partial charge in [-0.1, -0.05) is 0 Å². The van der Waals surface area contributed by atoms with E-state index in [0.717, 1.165) is 4.31 Å². The molecule has 0 aliphatic heterocycles. The molecule has 0 atom stereocenters. The minimum absolute atomic E-state index is 0.0313. The fraction of sp³-hybridized carbons (Fsp3) is 0.409. The molecule has 0 bridgehead atoms. The van der Waals surface area contributed by atoms with E-state index in [1.165, 1.54) is 32.4 Å². The van der Waals surface area contributed by atoms with Crippen LogP contribution in [0.4, 0.5) is 5.69 Å². The highest BCUT2D eigenvalue weighted by Gasteiger charge is 2.28. The molecular formula is C22H30N2O7S. The van der Waals surface area contributed by atoms with Crippen LogP contribution >= 0.6 is 0 Å². The summed E-state index contributed by atoms with van der Waals surface area (Å²) in [5.74, 6) is 0.835. The van der Waals surface area contributed by atoms with Gasteiger partial charge in [0.1, 0.15) is 12.3 Å². The van der Waals surface area contributed by atoms with E-state index in [4.69, 9.17) is 18.9 Å². The number of hydrogen-bond acceptors (Lipinski definition) is 7. The van der Waals surface area contributed by atoms with Crippen LogP contribution in [-0.2, 0) is 19.6 Å². The first-order chi connectivity index (χ1) is 15.4. The molecule has 0 spiro atoms. The third kappa shape index (κ3) is 6.51. The summed E-state index contributed by atoms with van der Waals surface area (Å²) in [7, 11) is 0.366. The van der Waals surface area contributed by atoms with Gasteiger partial charge in [-0.05, 0) is 49.7 Å². The largest absolute Gasteiger partial charge is 0.494 e. The van der Waals surface area contributed by atoms with Crippen molar-refractivity contribution in [3.63, 3.8) is 0 Å². The molecule has 0 aliphatic rings. The molecule has 0 radical (unpaired) electrons. The van der Waals surface area contributed by atoms with Crippen molar-refractivity contribution in [3.05, 3.63) is 42.5 Å². The molecule has 32 heavy (non-hydrogen) atoms. The van der Waals surface area contributed by atoms with Crippen LogP contribution in [0.2, 0.25) is 0 Å². The highest BCUT2D eigenvalue weighted by Crippen LogP contribution is 2.32. The minimum atomic E-state index is -4.10. The van der Waals surface area contributed by atoms with Crippen molar-refractivity contribution in [2.45, 2.75) is 18.2 Å². The summed E-state index contributed by atoms with van der Waals surface area (Å²) in [6, 6.07) is 10.8. The zero-order valence-corrected chi connectivity index (χ0v) is 19.6. The number of amides is 1. The van der Waals surface area contributed by atoms with Crippen LogP contribution in [0.3, 0.4) is 0 Å². The number of nitrogens with zero attached hydrogens (tertiary/aromatic N) is 1. The molecule has 176 valence electrons. The van der Waals surface area contributed by atoms with E-state index >= 15 is 0 Å². The third-order valence-electron chi connectivity index (χ3n) is 4.51. The van der Waals surface area contributed by atoms with Crippen LogP contribution < -0.4 is 23.8 Å². The van der Waals surface area contributed by atoms with Crippen LogP contribution in [0.25, 0.3) is 0 Å². The normalized spacial score (nSPS) is 11.0. The van der Waals surface area contributed by atoms with Gasteiger partial charge in [-0.15, -0.1) is 0 Å². The lowest BCUT2D eigenvalue weighted by Crippen LogP contribution is -2.41. The summed E-state index contributed by atoms with van der Waals surface area (Å²) < 4.78 is 48.9. The first-order valence-corrected chi connectivity index (χ1v) is 11.5. The van der Waals surface area contributed by atoms with Gasteiger partial charge in [-0.25, -0.2) is 8.42 Å². The maximum atomic E-state index is 13.5. The summed E-state index contributed by atoms with van der Waals surface area (Å²) in [4.78, 5) is 12.5. The van der Waals surface area contributed by atoms with Crippen LogP contribution in [0.15, 0.2) is 47.4 Å². The standard InChI is InChI=1S/C22H30N2O7S/c1-5-31-18-9-7-17(8-10-18)24(16-22(25)23-13-6-14-28-2)32(26,27)19-11-12-20(29-3)21(15-19)30-4/h7-12,15H,5-6,13-14,16H2,1-4H3,(H,23,25). The summed E-state index contributed by atoms with van der Waals surface area (Å²) >= 11 is 0. The van der Waals surface area contributed by atoms with E-state index in [1.54, 1.807) is 31.4 Å². The fourth-order valence-electron chi connectivity index (χ4n) is 2.93. The van der Waals surface area contributed by atoms with Crippen molar-refractivity contribution in [2.24, 2.45) is 0 Å². The number of methoxy groups -OCH3 is 3. The molecule has 2 aromatic carbocycles. The SMILES string of the molecule is CCOc1ccc(N(CC(=O)NCCCOC)S(=O)(=O)c2ccc(OC)c(OC)c2)cc1. The topological polar surface area (TPSA) is 103 Å². The fourth-order valence-corrected chi connectivity index (χ4v) is 4.36. The highest BCUT2D eigenvalue weighted by molar-refractivity contribution is 7.92. The Morgan fingerprint density at radius 3 is 2.28 bits per heavy atom. The van der Waals surface area contributed by atoms with Gasteiger partial charge >= 0.3 is 0 Å². The Bertz CT molecular complexity index is 978. The van der Waals surface area contributed by atoms with Crippen molar-refractivity contribution in [2.75, 3.05) is 51.9 Å². The summed E-state index contributed by atoms with van der Waals surface area (Å²) in [5, 5.41) is 2.72. The molecule has 10 heteroatoms. The minimum Gasteiger partial charge on any atom is -0.494 e. The van der Waals surface area contributed by atoms with Gasteiger partial charge in [-0.3, -0.25) is 9.10 Å². The second kappa shape index (κ2) is 12.2. The third-order valence-corrected chi connectivity index (χ3v) is 6.28. The average Bonchev–Trinajstić information content (AvgIpc) is 2.80. The number of benzene rings is 2. The number of carbonyl (C=O) groups excluding carboxylic acids is 1. The first kappa shape index (κ1) is 25.3. The van der Waals surface area contributed by atoms with E-state index in [9.17, 15) is 13.2 Å². The van der Waals surface area contributed by atoms with Gasteiger partial charge in [0.25, 0.3) is 10.0 Å². The lowest BCUT2D eigenvalue weighted by atomic mass is 10.3. The Morgan fingerprint density at radius 1 is 1.00 bits per heavy atom. The summed E-state index contributed by atoms with van der Waals surface area (Å²) in [6.07, 6.45) is 0.619. The van der Waals surface area contributed by atoms with Crippen LogP contribution in [0.5, 0.6) is 17.2 Å². The van der Waals surface area contributed by atoms with E-state index in [0.29, 0.717) is 43.4 Å². The van der Waals surface area contributed by atoms with E-state index in [1.807, 2.05) is 6.92 Å². The quantitative estimate of drug-likeness (QED) is 0.452. The molecular weight excluding hydrogens is 436 g/mol. The number of nitrogens with one attached hydrogen (secondary N) is 1. The van der Waals surface area contributed by atoms with E-state index < -0.39 is 22.5 Å². The highest BCUT2D eigenvalue weighted by atomic mass is 32.2. The molecule has 0 aromatic heterocycles. The molecule has 0 saturated carbocycles. The lowest BCUT2D eigenvalue weighted by molar-refractivity contribution is -0.119. The first-order valence-electron chi connectivity index (χ1n) is 10.1. The van der Waals surface area contributed by atoms with Crippen molar-refractivity contribution in [3.8, 4) is 17.2 Å². The van der Waals surface area contributed by atoms with E-state index in [-0.39, 0.29) is 10.6 Å². The average molecular weight is 467 g/mol. The molecule has 0 fully saturated rings. The molecule has 0 saturated heterocycles. The predicted molar refractivity (Wildman–Crippen MR) is 121 cm³/mol. The molecule has 1 N–H and O–H groups in total. The molecule has 2 rings (SSSR count). The molecule has 9 nitrogen and oxygen atoms in total. The van der Waals surface area contributed by atoms with Gasteiger partial charge in [0.15, 0.2) is 11.5 Å². The number of rotatable bonds is 13. The number of hydrogen-bond donors (Lipinski definition) is 1. The maximum absolute atomic E-state index is 13.5. The maximum Gasteiger partial charge on any atom is 0.264 e. The molecule has 0 heterocycles. The molecule has 2 aromatic rings. The van der Waals surface area contributed by atoms with Gasteiger partial charge < -0.3 is 24.3 Å². The Kier molecular flexibility index (Phi) is 9.61. The smallest absolute Gasteiger partial charge is 0.264 e. The number of ether oxygens (including phenoxy) is 4. The van der Waals surface area contributed by atoms with Crippen molar-refractivity contribution < 1.29 is 32.2 Å². The van der Waals surface area contributed by atoms with Crippen molar-refractivity contribution in [1.29, 1.82) is 0 Å². The number of sulfonamides is 1. The second-order valence-corrected chi connectivity index (χ2v) is 8.51. The molecule has 1 amide bonds. The monoisotopic (exact) mass is 466 g/mol. The predicted octanol–water partition coefficient (Wildman–Crippen LogP) is 2.45. The van der Waals surface area contributed by atoms with Gasteiger partial charge in [0.2, 0.25) is 5.91 Å². The van der Waals surface area contributed by atoms with Crippen molar-refractivity contribution in [1.82, 2.24) is 5.32 Å². The Morgan fingerprint density at radius 2 is 1.69 bits per heavy atom. The van der Waals surface area contributed by atoms with Gasteiger partial charge in [0.05, 0.1) is 31.4 Å². The zero-order chi connectivity index (χ0) is 23.6.